The molecule has 0 spiro atoms. The summed E-state index contributed by atoms with van der Waals surface area (Å²) < 4.78 is 0. The van der Waals surface area contributed by atoms with E-state index < -0.39 is 0 Å². The smallest absolute Gasteiger partial charge is 0.226 e. The number of likely N-dealkylation sites (N-methyl/N-ethyl adjacent to an activating group) is 1. The van der Waals surface area contributed by atoms with Crippen molar-refractivity contribution in [2.75, 3.05) is 40.3 Å². The van der Waals surface area contributed by atoms with Gasteiger partial charge in [-0.15, -0.1) is 0 Å². The molecule has 4 aliphatic rings. The van der Waals surface area contributed by atoms with Crippen LogP contribution in [0.3, 0.4) is 0 Å². The van der Waals surface area contributed by atoms with Crippen LogP contribution in [0.1, 0.15) is 66.2 Å². The topological polar surface area (TPSA) is 52.7 Å². The molecule has 0 radical (unpaired) electrons. The number of allylic oxidation sites excluding steroid dienone is 1. The first-order valence-electron chi connectivity index (χ1n) is 12.6. The molecule has 1 heterocycles. The second kappa shape index (κ2) is 8.20. The minimum absolute atomic E-state index is 0.0739. The number of hydrogen-bond donors (Lipinski definition) is 1. The van der Waals surface area contributed by atoms with Crippen LogP contribution >= 0.6 is 0 Å². The van der Waals surface area contributed by atoms with Gasteiger partial charge in [-0.2, -0.15) is 0 Å². The van der Waals surface area contributed by atoms with Crippen molar-refractivity contribution >= 4 is 11.7 Å². The van der Waals surface area contributed by atoms with E-state index in [9.17, 15) is 9.59 Å². The molecule has 1 amide bonds. The fourth-order valence-corrected chi connectivity index (χ4v) is 8.04. The Balaban J connectivity index is 1.63. The summed E-state index contributed by atoms with van der Waals surface area (Å²) in [7, 11) is 4.10. The highest BCUT2D eigenvalue weighted by Gasteiger charge is 2.61. The van der Waals surface area contributed by atoms with Gasteiger partial charge in [-0.1, -0.05) is 13.8 Å². The van der Waals surface area contributed by atoms with Crippen molar-refractivity contribution in [3.63, 3.8) is 0 Å². The molecule has 3 aliphatic carbocycles. The van der Waals surface area contributed by atoms with E-state index in [1.807, 2.05) is 4.90 Å². The molecule has 0 bridgehead atoms. The highest BCUT2D eigenvalue weighted by Crippen LogP contribution is 2.64. The molecule has 1 N–H and O–H groups in total. The molecule has 0 aromatic heterocycles. The van der Waals surface area contributed by atoms with Crippen molar-refractivity contribution in [2.45, 2.75) is 66.2 Å². The van der Waals surface area contributed by atoms with Gasteiger partial charge in [0, 0.05) is 55.2 Å². The number of piperidine rings is 1. The molecule has 0 aromatic carbocycles. The summed E-state index contributed by atoms with van der Waals surface area (Å²) in [6.07, 6.45) is 6.21. The Morgan fingerprint density at radius 1 is 1.06 bits per heavy atom. The summed E-state index contributed by atoms with van der Waals surface area (Å²) in [6, 6.07) is 0. The third kappa shape index (κ3) is 3.46. The first kappa shape index (κ1) is 22.8. The molecule has 2 saturated carbocycles. The summed E-state index contributed by atoms with van der Waals surface area (Å²) in [5.74, 6) is 2.74. The molecule has 5 nitrogen and oxygen atoms in total. The van der Waals surface area contributed by atoms with Gasteiger partial charge in [-0.25, -0.2) is 0 Å². The Hall–Kier alpha value is -1.36. The van der Waals surface area contributed by atoms with Crippen LogP contribution in [0.25, 0.3) is 0 Å². The van der Waals surface area contributed by atoms with E-state index in [1.54, 1.807) is 0 Å². The van der Waals surface area contributed by atoms with Crippen LogP contribution in [-0.4, -0.2) is 61.8 Å². The van der Waals surface area contributed by atoms with Crippen LogP contribution in [0.5, 0.6) is 0 Å². The number of nitrogens with zero attached hydrogens (tertiary/aromatic N) is 2. The van der Waals surface area contributed by atoms with Crippen molar-refractivity contribution in [2.24, 2.45) is 34.5 Å². The van der Waals surface area contributed by atoms with Gasteiger partial charge < -0.3 is 15.1 Å². The van der Waals surface area contributed by atoms with Crippen molar-refractivity contribution in [3.8, 4) is 0 Å². The Morgan fingerprint density at radius 2 is 1.77 bits per heavy atom. The average molecular weight is 430 g/mol. The minimum Gasteiger partial charge on any atom is -0.387 e. The maximum atomic E-state index is 13.4. The Labute approximate surface area is 189 Å². The van der Waals surface area contributed by atoms with E-state index in [4.69, 9.17) is 0 Å². The highest BCUT2D eigenvalue weighted by molar-refractivity contribution is 5.97. The number of rotatable bonds is 5. The number of ketones is 1. The Morgan fingerprint density at radius 3 is 2.42 bits per heavy atom. The standard InChI is InChI=1S/C26H43N3O2/c1-7-29(8-2)24(31)21-10-9-19-17-15-27-23-18(16-28(5)6)22(30)12-14-26(23,4)20(17)11-13-25(19,21)3/h17,19-21,27H,7-16H2,1-6H3/t17?,19?,20?,21-,25+,26-/m1/s1. The van der Waals surface area contributed by atoms with Gasteiger partial charge in [0.05, 0.1) is 0 Å². The average Bonchev–Trinajstić information content (AvgIpc) is 3.08. The number of amides is 1. The first-order chi connectivity index (χ1) is 14.7. The molecule has 4 rings (SSSR count). The molecule has 3 fully saturated rings. The molecule has 1 saturated heterocycles. The lowest BCUT2D eigenvalue weighted by molar-refractivity contribution is -0.142. The van der Waals surface area contributed by atoms with Gasteiger partial charge >= 0.3 is 0 Å². The Bertz CT molecular complexity index is 771. The van der Waals surface area contributed by atoms with Crippen LogP contribution in [0.15, 0.2) is 11.3 Å². The Kier molecular flexibility index (Phi) is 6.04. The third-order valence-corrected chi connectivity index (χ3v) is 9.70. The summed E-state index contributed by atoms with van der Waals surface area (Å²) in [6.45, 7) is 12.4. The SMILES string of the molecule is CCN(CC)C(=O)[C@H]1CCC2C3CNC4=C(CN(C)C)C(=O)CC[C@]4(C)C3CC[C@@]21C. The monoisotopic (exact) mass is 429 g/mol. The van der Waals surface area contributed by atoms with Crippen molar-refractivity contribution in [1.29, 1.82) is 0 Å². The number of hydrogen-bond acceptors (Lipinski definition) is 4. The van der Waals surface area contributed by atoms with Crippen LogP contribution in [0.2, 0.25) is 0 Å². The summed E-state index contributed by atoms with van der Waals surface area (Å²) in [5.41, 5.74) is 2.46. The molecule has 6 atom stereocenters. The van der Waals surface area contributed by atoms with Gasteiger partial charge in [-0.3, -0.25) is 9.59 Å². The van der Waals surface area contributed by atoms with E-state index in [0.717, 1.165) is 51.0 Å². The number of nitrogens with one attached hydrogen (secondary N) is 1. The second-order valence-electron chi connectivity index (χ2n) is 11.4. The largest absolute Gasteiger partial charge is 0.387 e. The summed E-state index contributed by atoms with van der Waals surface area (Å²) in [5, 5.41) is 3.80. The van der Waals surface area contributed by atoms with Crippen LogP contribution in [0.4, 0.5) is 0 Å². The number of Topliss-reactive ketones (excluding diaryl/α,β-unsaturated/α-hetero) is 1. The molecular weight excluding hydrogens is 386 g/mol. The molecule has 5 heteroatoms. The van der Waals surface area contributed by atoms with E-state index in [2.05, 4.69) is 52.0 Å². The molecule has 3 unspecified atom stereocenters. The van der Waals surface area contributed by atoms with E-state index in [-0.39, 0.29) is 16.7 Å². The lowest BCUT2D eigenvalue weighted by atomic mass is 9.49. The number of carbonyl (C=O) groups is 2. The third-order valence-electron chi connectivity index (χ3n) is 9.70. The molecule has 1 aliphatic heterocycles. The van der Waals surface area contributed by atoms with Crippen LogP contribution < -0.4 is 5.32 Å². The van der Waals surface area contributed by atoms with E-state index in [0.29, 0.717) is 35.9 Å². The summed E-state index contributed by atoms with van der Waals surface area (Å²) in [4.78, 5) is 30.3. The number of fused-ring (bicyclic) bond motifs is 5. The maximum Gasteiger partial charge on any atom is 0.226 e. The van der Waals surface area contributed by atoms with E-state index >= 15 is 0 Å². The fraction of sp³-hybridized carbons (Fsp3) is 0.846. The van der Waals surface area contributed by atoms with Gasteiger partial charge in [0.1, 0.15) is 0 Å². The fourth-order valence-electron chi connectivity index (χ4n) is 8.04. The van der Waals surface area contributed by atoms with Gasteiger partial charge in [0.15, 0.2) is 5.78 Å². The predicted molar refractivity (Wildman–Crippen MR) is 124 cm³/mol. The highest BCUT2D eigenvalue weighted by atomic mass is 16.2. The zero-order valence-corrected chi connectivity index (χ0v) is 20.6. The van der Waals surface area contributed by atoms with Crippen molar-refractivity contribution in [1.82, 2.24) is 15.1 Å². The van der Waals surface area contributed by atoms with Gasteiger partial charge in [-0.05, 0) is 83.2 Å². The molecule has 31 heavy (non-hydrogen) atoms. The number of carbonyl (C=O) groups excluding carboxylic acids is 2. The van der Waals surface area contributed by atoms with Gasteiger partial charge in [0.25, 0.3) is 0 Å². The second-order valence-corrected chi connectivity index (χ2v) is 11.4. The summed E-state index contributed by atoms with van der Waals surface area (Å²) >= 11 is 0. The van der Waals surface area contributed by atoms with Crippen molar-refractivity contribution in [3.05, 3.63) is 11.3 Å². The predicted octanol–water partition coefficient (Wildman–Crippen LogP) is 3.70. The minimum atomic E-state index is 0.0739. The maximum absolute atomic E-state index is 13.4. The lowest BCUT2D eigenvalue weighted by Crippen LogP contribution is -2.58. The normalized spacial score (nSPS) is 39.6. The van der Waals surface area contributed by atoms with E-state index in [1.165, 1.54) is 18.5 Å². The molecule has 174 valence electrons. The van der Waals surface area contributed by atoms with Crippen LogP contribution in [0, 0.1) is 34.5 Å². The molecular formula is C26H43N3O2. The lowest BCUT2D eigenvalue weighted by Gasteiger charge is -2.58. The first-order valence-corrected chi connectivity index (χ1v) is 12.6. The quantitative estimate of drug-likeness (QED) is 0.724. The van der Waals surface area contributed by atoms with Gasteiger partial charge in [0.2, 0.25) is 5.91 Å². The van der Waals surface area contributed by atoms with Crippen molar-refractivity contribution < 1.29 is 9.59 Å². The zero-order chi connectivity index (χ0) is 22.6. The van der Waals surface area contributed by atoms with Crippen LogP contribution in [-0.2, 0) is 9.59 Å². The zero-order valence-electron chi connectivity index (χ0n) is 20.6. The molecule has 0 aromatic rings.